The Morgan fingerprint density at radius 1 is 0.630 bits per heavy atom. The molecule has 0 bridgehead atoms. The topological polar surface area (TPSA) is 164 Å². The summed E-state index contributed by atoms with van der Waals surface area (Å²) in [6.07, 6.45) is 8.24. The van der Waals surface area contributed by atoms with Gasteiger partial charge in [-0.2, -0.15) is 0 Å². The van der Waals surface area contributed by atoms with E-state index in [9.17, 15) is 36.3 Å². The molecule has 236 valence electrons. The lowest BCUT2D eigenvalue weighted by atomic mass is 10.0. The number of amides is 2. The van der Waals surface area contributed by atoms with E-state index in [0.29, 0.717) is 28.8 Å². The zero-order valence-corrected chi connectivity index (χ0v) is 26.4. The zero-order chi connectivity index (χ0) is 33.5. The van der Waals surface area contributed by atoms with Crippen LogP contribution in [0.15, 0.2) is 113 Å². The lowest BCUT2D eigenvalue weighted by molar-refractivity contribution is -0.112. The van der Waals surface area contributed by atoms with Crippen molar-refractivity contribution in [2.24, 2.45) is 0 Å². The van der Waals surface area contributed by atoms with E-state index in [0.717, 1.165) is 18.1 Å². The highest BCUT2D eigenvalue weighted by Crippen LogP contribution is 2.21. The van der Waals surface area contributed by atoms with Crippen molar-refractivity contribution in [3.63, 3.8) is 0 Å². The Kier molecular flexibility index (Phi) is 10.3. The summed E-state index contributed by atoms with van der Waals surface area (Å²) < 4.78 is 46.4. The molecule has 2 amide bonds. The normalized spacial score (nSPS) is 11.9. The fraction of sp³-hybridized carbons (Fsp3) is 0.0882. The van der Waals surface area contributed by atoms with Crippen molar-refractivity contribution in [3.05, 3.63) is 131 Å². The third-order valence-electron chi connectivity index (χ3n) is 6.67. The van der Waals surface area contributed by atoms with Crippen LogP contribution in [0.25, 0.3) is 12.2 Å². The van der Waals surface area contributed by atoms with Gasteiger partial charge in [-0.3, -0.25) is 9.59 Å². The van der Waals surface area contributed by atoms with Gasteiger partial charge in [0, 0.05) is 30.4 Å². The molecule has 10 nitrogen and oxygen atoms in total. The van der Waals surface area contributed by atoms with Crippen LogP contribution in [0.4, 0.5) is 11.4 Å². The van der Waals surface area contributed by atoms with Gasteiger partial charge in [-0.05, 0) is 89.4 Å². The first-order chi connectivity index (χ1) is 21.7. The zero-order valence-electron chi connectivity index (χ0n) is 24.8. The lowest BCUT2D eigenvalue weighted by Crippen LogP contribution is -2.12. The average Bonchev–Trinajstić information content (AvgIpc) is 3.00. The molecule has 4 rings (SSSR count). The average molecular weight is 659 g/mol. The van der Waals surface area contributed by atoms with Crippen molar-refractivity contribution in [2.75, 3.05) is 23.1 Å². The maximum absolute atomic E-state index is 12.5. The van der Waals surface area contributed by atoms with Crippen molar-refractivity contribution < 1.29 is 36.3 Å². The van der Waals surface area contributed by atoms with Crippen LogP contribution in [0.2, 0.25) is 0 Å². The molecular formula is C34H30N2O8S2. The quantitative estimate of drug-likeness (QED) is 0.188. The molecule has 0 atom stereocenters. The number of hydrogen-bond acceptors (Lipinski definition) is 7. The molecule has 12 heteroatoms. The molecule has 0 radical (unpaired) electrons. The summed E-state index contributed by atoms with van der Waals surface area (Å²) in [7, 11) is -6.64. The van der Waals surface area contributed by atoms with Gasteiger partial charge < -0.3 is 15.7 Å². The number of anilines is 2. The molecule has 3 N–H and O–H groups in total. The third kappa shape index (κ3) is 9.58. The fourth-order valence-electron chi connectivity index (χ4n) is 4.28. The van der Waals surface area contributed by atoms with Crippen LogP contribution in [0.5, 0.6) is 0 Å². The summed E-state index contributed by atoms with van der Waals surface area (Å²) in [6.45, 7) is 0. The molecule has 0 aliphatic carbocycles. The number of benzene rings is 4. The van der Waals surface area contributed by atoms with E-state index in [4.69, 9.17) is 0 Å². The summed E-state index contributed by atoms with van der Waals surface area (Å²) in [6, 6.07) is 23.9. The van der Waals surface area contributed by atoms with Gasteiger partial charge in [-0.1, -0.05) is 42.5 Å². The second-order valence-corrected chi connectivity index (χ2v) is 14.4. The molecule has 0 fully saturated rings. The number of carbonyl (C=O) groups excluding carboxylic acids is 2. The number of carboxylic acids is 1. The highest BCUT2D eigenvalue weighted by molar-refractivity contribution is 7.91. The second kappa shape index (κ2) is 14.2. The molecule has 4 aromatic carbocycles. The minimum atomic E-state index is -3.34. The smallest absolute Gasteiger partial charge is 0.337 e. The molecule has 0 unspecified atom stereocenters. The molecule has 4 aromatic rings. The fourth-order valence-corrected chi connectivity index (χ4v) is 5.54. The van der Waals surface area contributed by atoms with E-state index in [1.807, 2.05) is 0 Å². The minimum Gasteiger partial charge on any atom is -0.478 e. The van der Waals surface area contributed by atoms with Gasteiger partial charge in [0.05, 0.1) is 21.0 Å². The van der Waals surface area contributed by atoms with Crippen LogP contribution >= 0.6 is 0 Å². The summed E-state index contributed by atoms with van der Waals surface area (Å²) in [5.74, 6) is -2.14. The number of hydrogen-bond donors (Lipinski definition) is 3. The highest BCUT2D eigenvalue weighted by atomic mass is 32.2. The first kappa shape index (κ1) is 33.6. The molecule has 0 aliphatic rings. The molecule has 0 aliphatic heterocycles. The van der Waals surface area contributed by atoms with Gasteiger partial charge in [0.25, 0.3) is 0 Å². The molecule has 0 aromatic heterocycles. The first-order valence-electron chi connectivity index (χ1n) is 13.7. The predicted molar refractivity (Wildman–Crippen MR) is 177 cm³/mol. The Morgan fingerprint density at radius 3 is 1.54 bits per heavy atom. The molecule has 0 saturated heterocycles. The van der Waals surface area contributed by atoms with Crippen molar-refractivity contribution in [1.82, 2.24) is 0 Å². The van der Waals surface area contributed by atoms with E-state index < -0.39 is 31.6 Å². The van der Waals surface area contributed by atoms with Gasteiger partial charge in [0.1, 0.15) is 0 Å². The SMILES string of the molecule is CS(=O)(=O)c1ccc(C=CC(=O)Nc2ccc(Cc3ccc(NC(=O)C=Cc4ccc(S(C)(=O)=O)cc4)c(C(=O)O)c3)cc2)cc1. The number of aromatic carboxylic acids is 1. The van der Waals surface area contributed by atoms with Crippen LogP contribution in [0.1, 0.15) is 32.6 Å². The van der Waals surface area contributed by atoms with Crippen molar-refractivity contribution in [3.8, 4) is 0 Å². The number of rotatable bonds is 11. The Balaban J connectivity index is 1.35. The van der Waals surface area contributed by atoms with Gasteiger partial charge in [0.2, 0.25) is 11.8 Å². The van der Waals surface area contributed by atoms with Crippen molar-refractivity contribution >= 4 is 61.0 Å². The predicted octanol–water partition coefficient (Wildman–Crippen LogP) is 5.09. The second-order valence-electron chi connectivity index (χ2n) is 10.4. The van der Waals surface area contributed by atoms with Crippen LogP contribution in [0.3, 0.4) is 0 Å². The van der Waals surface area contributed by atoms with Crippen LogP contribution in [0, 0.1) is 0 Å². The van der Waals surface area contributed by atoms with Crippen molar-refractivity contribution in [1.29, 1.82) is 0 Å². The Morgan fingerprint density at radius 2 is 1.09 bits per heavy atom. The standard InChI is InChI=1S/C34H30N2O8S2/c1-45(41,42)28-14-5-23(6-15-28)10-19-32(37)35-27-12-3-25(4-13-27)21-26-9-18-31(30(22-26)34(39)40)36-33(38)20-11-24-7-16-29(17-8-24)46(2,43)44/h3-20,22H,21H2,1-2H3,(H,35,37)(H,36,38)(H,39,40). The summed E-state index contributed by atoms with van der Waals surface area (Å²) in [5, 5.41) is 15.1. The van der Waals surface area contributed by atoms with Gasteiger partial charge >= 0.3 is 5.97 Å². The number of carbonyl (C=O) groups is 3. The number of sulfone groups is 2. The minimum absolute atomic E-state index is 0.0848. The highest BCUT2D eigenvalue weighted by Gasteiger charge is 2.13. The van der Waals surface area contributed by atoms with Crippen LogP contribution in [-0.2, 0) is 35.7 Å². The molecule has 46 heavy (non-hydrogen) atoms. The summed E-state index contributed by atoms with van der Waals surface area (Å²) in [5.41, 5.74) is 3.40. The summed E-state index contributed by atoms with van der Waals surface area (Å²) >= 11 is 0. The van der Waals surface area contributed by atoms with Crippen molar-refractivity contribution in [2.45, 2.75) is 16.2 Å². The van der Waals surface area contributed by atoms with E-state index >= 15 is 0 Å². The third-order valence-corrected chi connectivity index (χ3v) is 8.93. The summed E-state index contributed by atoms with van der Waals surface area (Å²) in [4.78, 5) is 37.1. The Hall–Kier alpha value is -5.33. The monoisotopic (exact) mass is 658 g/mol. The first-order valence-corrected chi connectivity index (χ1v) is 17.5. The lowest BCUT2D eigenvalue weighted by Gasteiger charge is -2.10. The maximum atomic E-state index is 12.5. The van der Waals surface area contributed by atoms with E-state index in [-0.39, 0.29) is 26.9 Å². The van der Waals surface area contributed by atoms with Crippen LogP contribution < -0.4 is 10.6 Å². The van der Waals surface area contributed by atoms with E-state index in [2.05, 4.69) is 10.6 Å². The Labute approximate surface area is 267 Å². The number of carboxylic acid groups (broad SMARTS) is 1. The Bertz CT molecular complexity index is 2050. The van der Waals surface area contributed by atoms with Crippen LogP contribution in [-0.4, -0.2) is 52.2 Å². The maximum Gasteiger partial charge on any atom is 0.337 e. The van der Waals surface area contributed by atoms with Gasteiger partial charge in [-0.15, -0.1) is 0 Å². The molecule has 0 saturated carbocycles. The van der Waals surface area contributed by atoms with E-state index in [1.54, 1.807) is 60.7 Å². The molecule has 0 spiro atoms. The van der Waals surface area contributed by atoms with Gasteiger partial charge in [0.15, 0.2) is 19.7 Å². The van der Waals surface area contributed by atoms with Gasteiger partial charge in [-0.25, -0.2) is 21.6 Å². The van der Waals surface area contributed by atoms with E-state index in [1.165, 1.54) is 54.6 Å². The molecular weight excluding hydrogens is 629 g/mol. The number of nitrogens with one attached hydrogen (secondary N) is 2. The molecule has 0 heterocycles. The largest absolute Gasteiger partial charge is 0.478 e.